The van der Waals surface area contributed by atoms with Gasteiger partial charge in [-0.25, -0.2) is 0 Å². The van der Waals surface area contributed by atoms with Gasteiger partial charge in [-0.1, -0.05) is 33.8 Å². The van der Waals surface area contributed by atoms with Gasteiger partial charge in [0, 0.05) is 5.54 Å². The molecule has 1 aliphatic rings. The molecule has 145 valence electrons. The third-order valence-electron chi connectivity index (χ3n) is 5.95. The Labute approximate surface area is 156 Å². The van der Waals surface area contributed by atoms with E-state index in [1.54, 1.807) is 6.07 Å². The van der Waals surface area contributed by atoms with Crippen molar-refractivity contribution in [2.24, 2.45) is 0 Å². The van der Waals surface area contributed by atoms with Gasteiger partial charge < -0.3 is 5.32 Å². The van der Waals surface area contributed by atoms with Gasteiger partial charge in [0.1, 0.15) is 5.69 Å². The molecule has 1 aliphatic heterocycles. The highest BCUT2D eigenvalue weighted by Crippen LogP contribution is 2.59. The smallest absolute Gasteiger partial charge is 0.297 e. The molecule has 1 heterocycles. The van der Waals surface area contributed by atoms with Gasteiger partial charge in [-0.2, -0.15) is 0 Å². The van der Waals surface area contributed by atoms with Gasteiger partial charge in [-0.15, -0.1) is 10.3 Å². The average Bonchev–Trinajstić information content (AvgIpc) is 2.78. The summed E-state index contributed by atoms with van der Waals surface area (Å²) < 4.78 is 0. The molecule has 1 aromatic rings. The number of hydroxylamine groups is 2. The fourth-order valence-corrected chi connectivity index (χ4v) is 4.57. The van der Waals surface area contributed by atoms with E-state index in [0.717, 1.165) is 5.56 Å². The molecule has 0 aliphatic carbocycles. The van der Waals surface area contributed by atoms with Crippen LogP contribution in [0.4, 0.5) is 11.4 Å². The summed E-state index contributed by atoms with van der Waals surface area (Å²) in [6.45, 7) is 13.8. The Morgan fingerprint density at radius 1 is 1.04 bits per heavy atom. The van der Waals surface area contributed by atoms with Crippen molar-refractivity contribution in [3.8, 4) is 0 Å². The molecule has 0 bridgehead atoms. The van der Waals surface area contributed by atoms with Crippen LogP contribution in [0.2, 0.25) is 0 Å². The fraction of sp³-hybridized carbons (Fsp3) is 0.700. The summed E-state index contributed by atoms with van der Waals surface area (Å²) in [6, 6.07) is 3.71. The number of rotatable bonds is 6. The predicted molar refractivity (Wildman–Crippen MR) is 104 cm³/mol. The second-order valence-electron chi connectivity index (χ2n) is 8.29. The van der Waals surface area contributed by atoms with Gasteiger partial charge >= 0.3 is 0 Å². The van der Waals surface area contributed by atoms with Gasteiger partial charge in [0.15, 0.2) is 0 Å². The summed E-state index contributed by atoms with van der Waals surface area (Å²) in [5.74, 6) is 0. The molecule has 1 radical (unpaired) electrons. The largest absolute Gasteiger partial charge is 0.375 e. The second kappa shape index (κ2) is 6.82. The first kappa shape index (κ1) is 20.6. The van der Waals surface area contributed by atoms with E-state index < -0.39 is 11.1 Å². The van der Waals surface area contributed by atoms with Crippen LogP contribution in [0.1, 0.15) is 85.3 Å². The first-order valence-corrected chi connectivity index (χ1v) is 9.62. The van der Waals surface area contributed by atoms with Crippen molar-refractivity contribution < 1.29 is 10.1 Å². The summed E-state index contributed by atoms with van der Waals surface area (Å²) in [7, 11) is 0. The Balaban J connectivity index is 2.92. The highest BCUT2D eigenvalue weighted by molar-refractivity contribution is 5.72. The molecular weight excluding hydrogens is 330 g/mol. The molecule has 1 aromatic carbocycles. The van der Waals surface area contributed by atoms with E-state index in [0.29, 0.717) is 36.9 Å². The summed E-state index contributed by atoms with van der Waals surface area (Å²) in [4.78, 5) is 11.8. The molecule has 6 heteroatoms. The van der Waals surface area contributed by atoms with Crippen LogP contribution >= 0.6 is 0 Å². The standard InChI is InChI=1S/C20H32N3O3/c1-8-19(9-2)14-12-13-15(21-18(5,6)7)17(22(24)25)16(14)20(10-3,11-4)23(19)26/h12-13,21H,8-11H2,1-7H3. The van der Waals surface area contributed by atoms with Gasteiger partial charge in [-0.3, -0.25) is 10.1 Å². The van der Waals surface area contributed by atoms with Crippen molar-refractivity contribution in [1.82, 2.24) is 5.06 Å². The van der Waals surface area contributed by atoms with Crippen molar-refractivity contribution >= 4 is 11.4 Å². The van der Waals surface area contributed by atoms with E-state index >= 15 is 0 Å². The van der Waals surface area contributed by atoms with Crippen LogP contribution in [-0.4, -0.2) is 15.5 Å². The monoisotopic (exact) mass is 362 g/mol. The molecule has 0 saturated carbocycles. The lowest BCUT2D eigenvalue weighted by atomic mass is 9.81. The Morgan fingerprint density at radius 2 is 1.54 bits per heavy atom. The lowest BCUT2D eigenvalue weighted by Crippen LogP contribution is -2.47. The number of benzene rings is 1. The maximum atomic E-state index is 13.6. The maximum Gasteiger partial charge on any atom is 0.297 e. The topological polar surface area (TPSA) is 78.3 Å². The first-order valence-electron chi connectivity index (χ1n) is 9.62. The van der Waals surface area contributed by atoms with Crippen LogP contribution in [0, 0.1) is 10.1 Å². The Morgan fingerprint density at radius 3 is 1.92 bits per heavy atom. The van der Waals surface area contributed by atoms with E-state index in [1.165, 1.54) is 5.06 Å². The van der Waals surface area contributed by atoms with Gasteiger partial charge in [0.05, 0.1) is 21.6 Å². The molecule has 0 aromatic heterocycles. The molecule has 0 saturated heterocycles. The van der Waals surface area contributed by atoms with Crippen molar-refractivity contribution in [3.63, 3.8) is 0 Å². The molecule has 26 heavy (non-hydrogen) atoms. The molecule has 0 unspecified atom stereocenters. The van der Waals surface area contributed by atoms with Crippen LogP contribution in [0.15, 0.2) is 12.1 Å². The van der Waals surface area contributed by atoms with Gasteiger partial charge in [0.25, 0.3) is 5.69 Å². The Hall–Kier alpha value is -1.66. The van der Waals surface area contributed by atoms with E-state index in [4.69, 9.17) is 0 Å². The minimum atomic E-state index is -0.862. The van der Waals surface area contributed by atoms with Crippen LogP contribution in [0.3, 0.4) is 0 Å². The minimum absolute atomic E-state index is 0.0609. The Kier molecular flexibility index (Phi) is 5.41. The van der Waals surface area contributed by atoms with Crippen LogP contribution in [0.25, 0.3) is 0 Å². The Bertz CT molecular complexity index is 686. The van der Waals surface area contributed by atoms with E-state index in [1.807, 2.05) is 54.5 Å². The highest BCUT2D eigenvalue weighted by Gasteiger charge is 2.59. The third kappa shape index (κ3) is 2.79. The lowest BCUT2D eigenvalue weighted by Gasteiger charge is -2.39. The molecule has 0 fully saturated rings. The quantitative estimate of drug-likeness (QED) is 0.535. The summed E-state index contributed by atoms with van der Waals surface area (Å²) in [6.07, 6.45) is 2.35. The fourth-order valence-electron chi connectivity index (χ4n) is 4.57. The number of nitrogens with zero attached hydrogens (tertiary/aromatic N) is 2. The predicted octanol–water partition coefficient (Wildman–Crippen LogP) is 5.50. The number of hydrogen-bond donors (Lipinski definition) is 1. The molecule has 6 nitrogen and oxygen atoms in total. The number of hydrogen-bond acceptors (Lipinski definition) is 4. The number of anilines is 1. The zero-order valence-corrected chi connectivity index (χ0v) is 17.1. The lowest BCUT2D eigenvalue weighted by molar-refractivity contribution is -0.386. The summed E-state index contributed by atoms with van der Waals surface area (Å²) in [5.41, 5.74) is 0.108. The normalized spacial score (nSPS) is 18.6. The summed E-state index contributed by atoms with van der Waals surface area (Å²) in [5, 5.41) is 30.1. The van der Waals surface area contributed by atoms with Gasteiger partial charge in [0.2, 0.25) is 0 Å². The minimum Gasteiger partial charge on any atom is -0.375 e. The third-order valence-corrected chi connectivity index (χ3v) is 5.95. The molecule has 0 amide bonds. The van der Waals surface area contributed by atoms with E-state index in [-0.39, 0.29) is 16.1 Å². The first-order chi connectivity index (χ1) is 12.0. The summed E-state index contributed by atoms with van der Waals surface area (Å²) >= 11 is 0. The van der Waals surface area contributed by atoms with Gasteiger partial charge in [-0.05, 0) is 58.1 Å². The molecule has 0 spiro atoms. The van der Waals surface area contributed by atoms with Crippen molar-refractivity contribution in [2.45, 2.75) is 90.8 Å². The van der Waals surface area contributed by atoms with Crippen LogP contribution < -0.4 is 5.32 Å². The van der Waals surface area contributed by atoms with Crippen molar-refractivity contribution in [2.75, 3.05) is 5.32 Å². The zero-order chi connectivity index (χ0) is 19.9. The molecule has 1 N–H and O–H groups in total. The van der Waals surface area contributed by atoms with Crippen molar-refractivity contribution in [1.29, 1.82) is 0 Å². The molecular formula is C20H32N3O3. The van der Waals surface area contributed by atoms with Crippen LogP contribution in [0.5, 0.6) is 0 Å². The molecule has 0 atom stereocenters. The number of nitro benzene ring substituents is 1. The van der Waals surface area contributed by atoms with E-state index in [9.17, 15) is 15.3 Å². The maximum absolute atomic E-state index is 13.6. The average molecular weight is 362 g/mol. The second-order valence-corrected chi connectivity index (χ2v) is 8.29. The highest BCUT2D eigenvalue weighted by atomic mass is 16.6. The SMILES string of the molecule is CCC1(CC)c2ccc(NC(C)(C)C)c([N+](=O)[O-])c2C(CC)(CC)N1[O]. The molecule has 2 rings (SSSR count). The van der Waals surface area contributed by atoms with Crippen molar-refractivity contribution in [3.05, 3.63) is 33.4 Å². The number of nitro groups is 1. The zero-order valence-electron chi connectivity index (χ0n) is 17.1. The van der Waals surface area contributed by atoms with Crippen LogP contribution in [-0.2, 0) is 16.3 Å². The number of fused-ring (bicyclic) bond motifs is 1. The number of nitrogens with one attached hydrogen (secondary N) is 1. The van der Waals surface area contributed by atoms with E-state index in [2.05, 4.69) is 5.32 Å².